The first-order valence-electron chi connectivity index (χ1n) is 9.68. The van der Waals surface area contributed by atoms with Crippen LogP contribution in [0.3, 0.4) is 0 Å². The molecule has 1 saturated heterocycles. The fourth-order valence-corrected chi connectivity index (χ4v) is 3.87. The quantitative estimate of drug-likeness (QED) is 0.630. The number of benzene rings is 1. The lowest BCUT2D eigenvalue weighted by Crippen LogP contribution is -2.37. The summed E-state index contributed by atoms with van der Waals surface area (Å²) >= 11 is 11.9. The maximum Gasteiger partial charge on any atom is 0.173 e. The average Bonchev–Trinajstić information content (AvgIpc) is 3.18. The van der Waals surface area contributed by atoms with Crippen molar-refractivity contribution in [1.29, 1.82) is 0 Å². The Kier molecular flexibility index (Phi) is 7.56. The lowest BCUT2D eigenvalue weighted by atomic mass is 10.1. The van der Waals surface area contributed by atoms with E-state index in [0.29, 0.717) is 16.7 Å². The Morgan fingerprint density at radius 2 is 2.07 bits per heavy atom. The van der Waals surface area contributed by atoms with Gasteiger partial charge in [0.05, 0.1) is 12.8 Å². The van der Waals surface area contributed by atoms with Gasteiger partial charge in [-0.3, -0.25) is 0 Å². The van der Waals surface area contributed by atoms with Gasteiger partial charge in [-0.1, -0.05) is 24.1 Å². The molecule has 4 nitrogen and oxygen atoms in total. The molecule has 27 heavy (non-hydrogen) atoms. The molecule has 1 N–H and O–H groups in total. The summed E-state index contributed by atoms with van der Waals surface area (Å²) in [5, 5.41) is 4.78. The Balaban J connectivity index is 1.61. The molecule has 0 bridgehead atoms. The van der Waals surface area contributed by atoms with Crippen molar-refractivity contribution >= 4 is 34.6 Å². The summed E-state index contributed by atoms with van der Waals surface area (Å²) in [5.74, 6) is 0.917. The van der Waals surface area contributed by atoms with Crippen LogP contribution in [-0.2, 0) is 6.54 Å². The van der Waals surface area contributed by atoms with Gasteiger partial charge in [-0.15, -0.1) is 0 Å². The molecular formula is C21H28ClN3OS. The number of rotatable bonds is 7. The maximum absolute atomic E-state index is 6.15. The van der Waals surface area contributed by atoms with Crippen LogP contribution in [0.15, 0.2) is 41.0 Å². The van der Waals surface area contributed by atoms with E-state index in [0.717, 1.165) is 36.5 Å². The summed E-state index contributed by atoms with van der Waals surface area (Å²) in [6, 6.07) is 9.72. The molecule has 1 aromatic carbocycles. The van der Waals surface area contributed by atoms with Crippen LogP contribution in [0.4, 0.5) is 5.69 Å². The Morgan fingerprint density at radius 1 is 1.26 bits per heavy atom. The number of anilines is 1. The van der Waals surface area contributed by atoms with Gasteiger partial charge in [-0.05, 0) is 87.9 Å². The smallest absolute Gasteiger partial charge is 0.173 e. The Hall–Kier alpha value is -1.56. The van der Waals surface area contributed by atoms with Crippen molar-refractivity contribution in [2.75, 3.05) is 31.5 Å². The van der Waals surface area contributed by atoms with Gasteiger partial charge >= 0.3 is 0 Å². The lowest BCUT2D eigenvalue weighted by molar-refractivity contribution is 0.217. The minimum atomic E-state index is 0.665. The summed E-state index contributed by atoms with van der Waals surface area (Å²) in [5.41, 5.74) is 2.07. The van der Waals surface area contributed by atoms with Gasteiger partial charge in [0.25, 0.3) is 0 Å². The summed E-state index contributed by atoms with van der Waals surface area (Å²) in [4.78, 5) is 4.74. The van der Waals surface area contributed by atoms with Crippen LogP contribution in [0, 0.1) is 6.92 Å². The normalized spacial score (nSPS) is 14.9. The van der Waals surface area contributed by atoms with Crippen molar-refractivity contribution in [3.63, 3.8) is 0 Å². The van der Waals surface area contributed by atoms with Gasteiger partial charge in [-0.2, -0.15) is 0 Å². The number of nitrogens with one attached hydrogen (secondary N) is 1. The van der Waals surface area contributed by atoms with E-state index in [4.69, 9.17) is 28.2 Å². The van der Waals surface area contributed by atoms with E-state index in [1.807, 2.05) is 30.3 Å². The van der Waals surface area contributed by atoms with E-state index >= 15 is 0 Å². The van der Waals surface area contributed by atoms with Crippen molar-refractivity contribution in [2.45, 2.75) is 39.2 Å². The van der Waals surface area contributed by atoms with Crippen molar-refractivity contribution in [2.24, 2.45) is 0 Å². The molecule has 0 atom stereocenters. The first kappa shape index (κ1) is 20.2. The number of halogens is 1. The first-order valence-corrected chi connectivity index (χ1v) is 10.5. The maximum atomic E-state index is 6.15. The highest BCUT2D eigenvalue weighted by Gasteiger charge is 2.15. The second-order valence-electron chi connectivity index (χ2n) is 7.15. The number of thiocarbonyl (C=S) groups is 1. The first-order chi connectivity index (χ1) is 13.1. The molecule has 1 fully saturated rings. The van der Waals surface area contributed by atoms with Gasteiger partial charge in [0, 0.05) is 17.3 Å². The van der Waals surface area contributed by atoms with Crippen LogP contribution in [-0.4, -0.2) is 41.1 Å². The van der Waals surface area contributed by atoms with E-state index in [1.54, 1.807) is 6.26 Å². The molecule has 1 aliphatic rings. The zero-order valence-corrected chi connectivity index (χ0v) is 17.5. The Labute approximate surface area is 172 Å². The number of nitrogens with zero attached hydrogens (tertiary/aromatic N) is 2. The number of aryl methyl sites for hydroxylation is 1. The number of hydrogen-bond acceptors (Lipinski definition) is 3. The monoisotopic (exact) mass is 405 g/mol. The second-order valence-corrected chi connectivity index (χ2v) is 7.97. The van der Waals surface area contributed by atoms with Crippen molar-refractivity contribution in [3.8, 4) is 0 Å². The highest BCUT2D eigenvalue weighted by atomic mass is 35.5. The van der Waals surface area contributed by atoms with Crippen LogP contribution in [0.2, 0.25) is 5.02 Å². The largest absolute Gasteiger partial charge is 0.467 e. The molecule has 2 aromatic rings. The minimum absolute atomic E-state index is 0.665. The number of hydrogen-bond donors (Lipinski definition) is 1. The zero-order valence-electron chi connectivity index (χ0n) is 15.9. The van der Waals surface area contributed by atoms with Gasteiger partial charge in [0.2, 0.25) is 0 Å². The third kappa shape index (κ3) is 6.23. The molecule has 0 spiro atoms. The fourth-order valence-electron chi connectivity index (χ4n) is 3.43. The molecule has 0 radical (unpaired) electrons. The molecule has 0 aliphatic carbocycles. The molecule has 1 aromatic heterocycles. The highest BCUT2D eigenvalue weighted by Crippen LogP contribution is 2.21. The van der Waals surface area contributed by atoms with E-state index in [9.17, 15) is 0 Å². The molecule has 0 saturated carbocycles. The topological polar surface area (TPSA) is 31.6 Å². The summed E-state index contributed by atoms with van der Waals surface area (Å²) in [6.07, 6.45) is 6.80. The standard InChI is InChI=1S/C21H28ClN3OS/c1-17-8-9-18(22)15-20(17)23-21(27)25(16-19-7-5-14-26-19)13-6-12-24-10-3-2-4-11-24/h5,7-9,14-15H,2-4,6,10-13,16H2,1H3,(H,23,27). The van der Waals surface area contributed by atoms with E-state index in [1.165, 1.54) is 32.4 Å². The Bertz CT molecular complexity index is 729. The van der Waals surface area contributed by atoms with Crippen molar-refractivity contribution in [1.82, 2.24) is 9.80 Å². The molecule has 146 valence electrons. The molecule has 6 heteroatoms. The van der Waals surface area contributed by atoms with Gasteiger partial charge in [0.15, 0.2) is 5.11 Å². The minimum Gasteiger partial charge on any atom is -0.467 e. The third-order valence-corrected chi connectivity index (χ3v) is 5.60. The highest BCUT2D eigenvalue weighted by molar-refractivity contribution is 7.80. The summed E-state index contributed by atoms with van der Waals surface area (Å²) in [7, 11) is 0. The van der Waals surface area contributed by atoms with Gasteiger partial charge in [0.1, 0.15) is 5.76 Å². The van der Waals surface area contributed by atoms with Gasteiger partial charge < -0.3 is 19.5 Å². The molecule has 0 amide bonds. The predicted molar refractivity (Wildman–Crippen MR) is 116 cm³/mol. The Morgan fingerprint density at radius 3 is 2.81 bits per heavy atom. The van der Waals surface area contributed by atoms with E-state index < -0.39 is 0 Å². The molecule has 3 rings (SSSR count). The fraction of sp³-hybridized carbons (Fsp3) is 0.476. The molecular weight excluding hydrogens is 378 g/mol. The van der Waals surface area contributed by atoms with Crippen LogP contribution >= 0.6 is 23.8 Å². The van der Waals surface area contributed by atoms with Crippen molar-refractivity contribution in [3.05, 3.63) is 52.9 Å². The summed E-state index contributed by atoms with van der Waals surface area (Å²) in [6.45, 7) is 7.17. The van der Waals surface area contributed by atoms with Crippen molar-refractivity contribution < 1.29 is 4.42 Å². The zero-order chi connectivity index (χ0) is 19.1. The summed E-state index contributed by atoms with van der Waals surface area (Å²) < 4.78 is 5.54. The molecule has 2 heterocycles. The van der Waals surface area contributed by atoms with Crippen LogP contribution in [0.25, 0.3) is 0 Å². The van der Waals surface area contributed by atoms with E-state index in [2.05, 4.69) is 22.0 Å². The SMILES string of the molecule is Cc1ccc(Cl)cc1NC(=S)N(CCCN1CCCCC1)Cc1ccco1. The predicted octanol–water partition coefficient (Wildman–Crippen LogP) is 5.32. The number of furan rings is 1. The average molecular weight is 406 g/mol. The van der Waals surface area contributed by atoms with Crippen LogP contribution in [0.1, 0.15) is 37.0 Å². The second kappa shape index (κ2) is 10.1. The lowest BCUT2D eigenvalue weighted by Gasteiger charge is -2.29. The number of likely N-dealkylation sites (tertiary alicyclic amines) is 1. The third-order valence-electron chi connectivity index (χ3n) is 5.01. The number of piperidine rings is 1. The van der Waals surface area contributed by atoms with E-state index in [-0.39, 0.29) is 0 Å². The van der Waals surface area contributed by atoms with Crippen LogP contribution in [0.5, 0.6) is 0 Å². The molecule has 1 aliphatic heterocycles. The van der Waals surface area contributed by atoms with Crippen LogP contribution < -0.4 is 5.32 Å². The molecule has 0 unspecified atom stereocenters. The van der Waals surface area contributed by atoms with Gasteiger partial charge in [-0.25, -0.2) is 0 Å².